The minimum Gasteiger partial charge on any atom is -0.338 e. The highest BCUT2D eigenvalue weighted by atomic mass is 32.1. The molecule has 3 aromatic rings. The van der Waals surface area contributed by atoms with E-state index in [1.807, 2.05) is 61.5 Å². The Bertz CT molecular complexity index is 1010. The minimum atomic E-state index is -0.740. The summed E-state index contributed by atoms with van der Waals surface area (Å²) in [6.45, 7) is 4.63. The Balaban J connectivity index is 1.69. The van der Waals surface area contributed by atoms with Gasteiger partial charge in [-0.3, -0.25) is 10.1 Å². The summed E-state index contributed by atoms with van der Waals surface area (Å²) in [6.07, 6.45) is 2.24. The fourth-order valence-electron chi connectivity index (χ4n) is 3.01. The Hall–Kier alpha value is -3.26. The van der Waals surface area contributed by atoms with Crippen LogP contribution in [0, 0.1) is 6.92 Å². The summed E-state index contributed by atoms with van der Waals surface area (Å²) in [5.74, 6) is -0.332. The van der Waals surface area contributed by atoms with Crippen molar-refractivity contribution in [3.8, 4) is 10.6 Å². The molecular weight excluding hydrogens is 410 g/mol. The van der Waals surface area contributed by atoms with Gasteiger partial charge >= 0.3 is 6.03 Å². The van der Waals surface area contributed by atoms with Crippen molar-refractivity contribution in [3.63, 3.8) is 0 Å². The van der Waals surface area contributed by atoms with Crippen LogP contribution >= 0.6 is 11.3 Å². The first-order valence-electron chi connectivity index (χ1n) is 10.3. The monoisotopic (exact) mass is 437 g/mol. The zero-order valence-corrected chi connectivity index (χ0v) is 18.5. The topological polar surface area (TPSA) is 96.0 Å². The van der Waals surface area contributed by atoms with Crippen molar-refractivity contribution in [2.24, 2.45) is 0 Å². The van der Waals surface area contributed by atoms with Gasteiger partial charge in [-0.2, -0.15) is 0 Å². The number of nitrogens with one attached hydrogen (secondary N) is 3. The summed E-state index contributed by atoms with van der Waals surface area (Å²) in [4.78, 5) is 25.2. The number of aryl methyl sites for hydroxylation is 1. The van der Waals surface area contributed by atoms with Gasteiger partial charge in [-0.05, 0) is 25.0 Å². The number of benzene rings is 2. The molecule has 1 heterocycles. The molecule has 0 bridgehead atoms. The van der Waals surface area contributed by atoms with E-state index in [0.717, 1.165) is 34.5 Å². The van der Waals surface area contributed by atoms with Crippen LogP contribution in [-0.4, -0.2) is 34.7 Å². The molecule has 0 saturated carbocycles. The summed E-state index contributed by atoms with van der Waals surface area (Å²) in [5, 5.41) is 17.8. The number of hydrogen-bond donors (Lipinski definition) is 3. The number of aromatic nitrogens is 2. The van der Waals surface area contributed by atoms with Crippen LogP contribution in [0.4, 0.5) is 9.93 Å². The maximum Gasteiger partial charge on any atom is 0.315 e. The van der Waals surface area contributed by atoms with Crippen molar-refractivity contribution >= 4 is 28.4 Å². The molecule has 0 aliphatic rings. The van der Waals surface area contributed by atoms with Crippen LogP contribution < -0.4 is 16.0 Å². The minimum absolute atomic E-state index is 0.332. The number of anilines is 1. The van der Waals surface area contributed by atoms with Gasteiger partial charge in [0.2, 0.25) is 11.0 Å². The largest absolute Gasteiger partial charge is 0.338 e. The molecule has 0 fully saturated rings. The summed E-state index contributed by atoms with van der Waals surface area (Å²) >= 11 is 1.30. The van der Waals surface area contributed by atoms with Crippen molar-refractivity contribution < 1.29 is 9.59 Å². The van der Waals surface area contributed by atoms with Crippen LogP contribution in [0.2, 0.25) is 0 Å². The second-order valence-corrected chi connectivity index (χ2v) is 8.24. The van der Waals surface area contributed by atoms with E-state index in [9.17, 15) is 9.59 Å². The quantitative estimate of drug-likeness (QED) is 0.438. The van der Waals surface area contributed by atoms with E-state index < -0.39 is 6.04 Å². The molecule has 7 nitrogen and oxygen atoms in total. The molecule has 0 saturated heterocycles. The van der Waals surface area contributed by atoms with Crippen molar-refractivity contribution in [3.05, 3.63) is 65.7 Å². The van der Waals surface area contributed by atoms with E-state index in [1.165, 1.54) is 11.3 Å². The fraction of sp³-hybridized carbons (Fsp3) is 0.304. The van der Waals surface area contributed by atoms with E-state index in [2.05, 4.69) is 33.1 Å². The summed E-state index contributed by atoms with van der Waals surface area (Å²) in [7, 11) is 0. The maximum atomic E-state index is 13.0. The number of carbonyl (C=O) groups excluding carboxylic acids is 2. The molecule has 0 spiro atoms. The second-order valence-electron chi connectivity index (χ2n) is 7.27. The van der Waals surface area contributed by atoms with Gasteiger partial charge in [0.05, 0.1) is 0 Å². The first-order chi connectivity index (χ1) is 15.0. The van der Waals surface area contributed by atoms with Crippen LogP contribution in [0.5, 0.6) is 0 Å². The lowest BCUT2D eigenvalue weighted by Crippen LogP contribution is -2.49. The normalized spacial score (nSPS) is 11.5. The Kier molecular flexibility index (Phi) is 8.12. The molecule has 1 unspecified atom stereocenters. The second kappa shape index (κ2) is 11.2. The molecule has 1 atom stereocenters. The number of carbonyl (C=O) groups is 2. The van der Waals surface area contributed by atoms with Crippen molar-refractivity contribution in [1.29, 1.82) is 0 Å². The third-order valence-corrected chi connectivity index (χ3v) is 5.53. The molecule has 8 heteroatoms. The van der Waals surface area contributed by atoms with E-state index >= 15 is 0 Å². The van der Waals surface area contributed by atoms with Gasteiger partial charge in [0.25, 0.3) is 0 Å². The van der Waals surface area contributed by atoms with Gasteiger partial charge in [-0.1, -0.05) is 78.8 Å². The average molecular weight is 438 g/mol. The lowest BCUT2D eigenvalue weighted by molar-refractivity contribution is -0.117. The van der Waals surface area contributed by atoms with Gasteiger partial charge in [0.1, 0.15) is 11.0 Å². The van der Waals surface area contributed by atoms with Crippen molar-refractivity contribution in [2.45, 2.75) is 39.2 Å². The lowest BCUT2D eigenvalue weighted by atomic mass is 10.1. The number of hydrogen-bond acceptors (Lipinski definition) is 5. The standard InChI is InChI=1S/C23H27N5O2S/c1-3-4-13-24-22(30)25-19(15-17-10-6-5-7-11-17)20(29)26-23-28-27-21(31-23)18-12-8-9-16(2)14-18/h5-12,14,19H,3-4,13,15H2,1-2H3,(H2,24,25,30)(H,26,28,29). The molecule has 0 aliphatic carbocycles. The van der Waals surface area contributed by atoms with Crippen LogP contribution in [0.25, 0.3) is 10.6 Å². The average Bonchev–Trinajstić information content (AvgIpc) is 3.23. The third-order valence-electron chi connectivity index (χ3n) is 4.64. The van der Waals surface area contributed by atoms with Crippen LogP contribution in [0.15, 0.2) is 54.6 Å². The van der Waals surface area contributed by atoms with Gasteiger partial charge < -0.3 is 10.6 Å². The predicted molar refractivity (Wildman–Crippen MR) is 124 cm³/mol. The first-order valence-corrected chi connectivity index (χ1v) is 11.2. The summed E-state index contributed by atoms with van der Waals surface area (Å²) < 4.78 is 0. The highest BCUT2D eigenvalue weighted by Crippen LogP contribution is 2.27. The maximum absolute atomic E-state index is 13.0. The number of rotatable bonds is 9. The number of amides is 3. The molecule has 3 rings (SSSR count). The summed E-state index contributed by atoms with van der Waals surface area (Å²) in [5.41, 5.74) is 3.03. The molecule has 2 aromatic carbocycles. The molecule has 1 aromatic heterocycles. The molecular formula is C23H27N5O2S. The molecule has 3 amide bonds. The Morgan fingerprint density at radius 2 is 1.87 bits per heavy atom. The zero-order valence-electron chi connectivity index (χ0n) is 17.7. The van der Waals surface area contributed by atoms with Gasteiger partial charge in [-0.25, -0.2) is 4.79 Å². The smallest absolute Gasteiger partial charge is 0.315 e. The van der Waals surface area contributed by atoms with Crippen LogP contribution in [0.3, 0.4) is 0 Å². The third kappa shape index (κ3) is 6.89. The van der Waals surface area contributed by atoms with Crippen molar-refractivity contribution in [2.75, 3.05) is 11.9 Å². The van der Waals surface area contributed by atoms with Crippen LogP contribution in [0.1, 0.15) is 30.9 Å². The Morgan fingerprint density at radius 3 is 2.61 bits per heavy atom. The van der Waals surface area contributed by atoms with Crippen molar-refractivity contribution in [1.82, 2.24) is 20.8 Å². The highest BCUT2D eigenvalue weighted by Gasteiger charge is 2.22. The number of nitrogens with zero attached hydrogens (tertiary/aromatic N) is 2. The van der Waals surface area contributed by atoms with Gasteiger partial charge in [-0.15, -0.1) is 10.2 Å². The fourth-order valence-corrected chi connectivity index (χ4v) is 3.75. The van der Waals surface area contributed by atoms with E-state index in [-0.39, 0.29) is 11.9 Å². The van der Waals surface area contributed by atoms with Gasteiger partial charge in [0, 0.05) is 18.5 Å². The lowest BCUT2D eigenvalue weighted by Gasteiger charge is -2.18. The first kappa shape index (κ1) is 22.4. The SMILES string of the molecule is CCCCNC(=O)NC(Cc1ccccc1)C(=O)Nc1nnc(-c2cccc(C)c2)s1. The zero-order chi connectivity index (χ0) is 22.1. The van der Waals surface area contributed by atoms with E-state index in [4.69, 9.17) is 0 Å². The van der Waals surface area contributed by atoms with Crippen LogP contribution in [-0.2, 0) is 11.2 Å². The number of urea groups is 1. The van der Waals surface area contributed by atoms with E-state index in [1.54, 1.807) is 0 Å². The summed E-state index contributed by atoms with van der Waals surface area (Å²) in [6, 6.07) is 16.4. The molecule has 31 heavy (non-hydrogen) atoms. The molecule has 0 aliphatic heterocycles. The molecule has 162 valence electrons. The molecule has 0 radical (unpaired) electrons. The Morgan fingerprint density at radius 1 is 1.06 bits per heavy atom. The predicted octanol–water partition coefficient (Wildman–Crippen LogP) is 4.16. The van der Waals surface area contributed by atoms with Gasteiger partial charge in [0.15, 0.2) is 0 Å². The molecule has 3 N–H and O–H groups in total. The van der Waals surface area contributed by atoms with E-state index in [0.29, 0.717) is 18.1 Å². The Labute approximate surface area is 186 Å². The number of unbranched alkanes of at least 4 members (excludes halogenated alkanes) is 1. The highest BCUT2D eigenvalue weighted by molar-refractivity contribution is 7.18.